The summed E-state index contributed by atoms with van der Waals surface area (Å²) in [7, 11) is -15.6. The van der Waals surface area contributed by atoms with E-state index >= 15 is 0 Å². The minimum absolute atomic E-state index is 0.0978. The predicted molar refractivity (Wildman–Crippen MR) is 193 cm³/mol. The molecule has 1 aromatic carbocycles. The average molecular weight is 897 g/mol. The van der Waals surface area contributed by atoms with Crippen LogP contribution in [-0.4, -0.2) is 113 Å². The molecule has 0 bridgehead atoms. The van der Waals surface area contributed by atoms with Gasteiger partial charge in [-0.2, -0.15) is 8.62 Å². The van der Waals surface area contributed by atoms with Crippen LogP contribution < -0.4 is 26.6 Å². The Labute approximate surface area is 330 Å². The number of ether oxygens (including phenoxy) is 5. The predicted octanol–water partition coefficient (Wildman–Crippen LogP) is 0.396. The summed E-state index contributed by atoms with van der Waals surface area (Å²) in [6, 6.07) is 6.27. The Morgan fingerprint density at radius 2 is 1.88 bits per heavy atom. The van der Waals surface area contributed by atoms with Crippen LogP contribution in [0.4, 0.5) is 0 Å². The van der Waals surface area contributed by atoms with Crippen molar-refractivity contribution >= 4 is 35.3 Å². The van der Waals surface area contributed by atoms with Gasteiger partial charge in [0.05, 0.1) is 32.5 Å². The van der Waals surface area contributed by atoms with E-state index in [9.17, 15) is 42.7 Å². The maximum absolute atomic E-state index is 12.7. The molecule has 0 spiro atoms. The molecule has 2 heterocycles. The zero-order valence-electron chi connectivity index (χ0n) is 30.2. The molecule has 0 saturated carbocycles. The highest BCUT2D eigenvalue weighted by atomic mass is 31.3. The third-order valence-corrected chi connectivity index (χ3v) is 10.8. The van der Waals surface area contributed by atoms with E-state index in [0.29, 0.717) is 11.3 Å². The second kappa shape index (κ2) is 23.0. The molecule has 0 radical (unpaired) electrons. The van der Waals surface area contributed by atoms with E-state index in [0.717, 1.165) is 10.8 Å². The molecule has 29 nitrogen and oxygen atoms in total. The Morgan fingerprint density at radius 1 is 1.12 bits per heavy atom. The smallest absolute Gasteiger partial charge is 0.490 e. The number of aromatic amines is 1. The van der Waals surface area contributed by atoms with Gasteiger partial charge >= 0.3 is 29.2 Å². The number of nitrogens with zero attached hydrogens (tertiary/aromatic N) is 7. The number of hydrogen-bond acceptors (Lipinski definition) is 17. The Bertz CT molecular complexity index is 2230. The third-order valence-electron chi connectivity index (χ3n) is 6.95. The SMILES string of the molecule is CNC(=O)c1cccc(OCC(N=[N+]=[N-])OCCOCC(=O)NCC#Cc2cn([C@H]3CC(OCN=[N+]=[N-])[C@@H](COP(=O)(O)OP(=O)(O)OP(=O)(O)O)O3)c(=O)[nH]c2=O)c1. The van der Waals surface area contributed by atoms with Crippen molar-refractivity contribution < 1.29 is 79.7 Å². The van der Waals surface area contributed by atoms with Crippen LogP contribution >= 0.6 is 23.5 Å². The van der Waals surface area contributed by atoms with Gasteiger partial charge in [-0.15, -0.1) is 0 Å². The average Bonchev–Trinajstić information content (AvgIpc) is 3.56. The standard InChI is InChI=1S/C27H35N10O19P3/c1-30-25(39)17-4-2-6-19(10-17)51-15-23(34-36-29)50-9-8-49-14-22(38)31-7-3-5-18-12-37(27(41)33-26(18)40)24-11-20(52-16-32-35-28)21(54-24)13-53-58(45,46)56-59(47,48)55-57(42,43)44/h2,4,6,10,12,20-21,23-24H,7-9,11,13-16H2,1H3,(H,30,39)(H,31,38)(H,45,46)(H,47,48)(H,33,40,41)(H2,42,43,44)/t20?,21-,23?,24-/m1/s1. The van der Waals surface area contributed by atoms with Crippen LogP contribution in [0.2, 0.25) is 0 Å². The minimum atomic E-state index is -5.83. The molecule has 0 aliphatic carbocycles. The molecule has 59 heavy (non-hydrogen) atoms. The number of hydrogen-bond donors (Lipinski definition) is 7. The van der Waals surface area contributed by atoms with Crippen LogP contribution in [0.5, 0.6) is 5.75 Å². The highest BCUT2D eigenvalue weighted by Gasteiger charge is 2.43. The van der Waals surface area contributed by atoms with Crippen LogP contribution in [0.15, 0.2) is 50.3 Å². The topological polar surface area (TPSA) is 417 Å². The van der Waals surface area contributed by atoms with Crippen LogP contribution in [0.25, 0.3) is 20.9 Å². The normalized spacial score (nSPS) is 18.7. The zero-order chi connectivity index (χ0) is 43.6. The van der Waals surface area contributed by atoms with Gasteiger partial charge in [0.2, 0.25) is 5.91 Å². The summed E-state index contributed by atoms with van der Waals surface area (Å²) in [5.41, 5.74) is 15.5. The monoisotopic (exact) mass is 896 g/mol. The van der Waals surface area contributed by atoms with Gasteiger partial charge < -0.3 is 53.9 Å². The Kier molecular flexibility index (Phi) is 18.9. The molecule has 1 aromatic heterocycles. The Morgan fingerprint density at radius 3 is 2.58 bits per heavy atom. The molecule has 2 aromatic rings. The maximum atomic E-state index is 12.7. The first-order chi connectivity index (χ1) is 27.8. The fourth-order valence-corrected chi connectivity index (χ4v) is 7.59. The number of carbonyl (C=O) groups is 2. The first kappa shape index (κ1) is 48.4. The lowest BCUT2D eigenvalue weighted by Crippen LogP contribution is -2.34. The number of benzene rings is 1. The van der Waals surface area contributed by atoms with E-state index in [1.165, 1.54) is 13.1 Å². The number of amides is 2. The molecule has 7 N–H and O–H groups in total. The summed E-state index contributed by atoms with van der Waals surface area (Å²) in [5, 5.41) is 11.6. The van der Waals surface area contributed by atoms with Crippen molar-refractivity contribution in [3.8, 4) is 17.6 Å². The van der Waals surface area contributed by atoms with Crippen molar-refractivity contribution in [3.05, 3.63) is 83.3 Å². The molecule has 1 saturated heterocycles. The van der Waals surface area contributed by atoms with E-state index in [1.54, 1.807) is 18.2 Å². The van der Waals surface area contributed by atoms with E-state index < -0.39 is 85.2 Å². The van der Waals surface area contributed by atoms with Crippen LogP contribution in [0, 0.1) is 11.8 Å². The van der Waals surface area contributed by atoms with Gasteiger partial charge in [-0.1, -0.05) is 28.1 Å². The second-order valence-corrected chi connectivity index (χ2v) is 15.5. The fraction of sp³-hybridized carbons (Fsp3) is 0.481. The number of carbonyl (C=O) groups excluding carboxylic acids is 2. The number of phosphoric ester groups is 1. The first-order valence-electron chi connectivity index (χ1n) is 16.2. The molecule has 1 aliphatic rings. The van der Waals surface area contributed by atoms with Crippen LogP contribution in [-0.2, 0) is 50.6 Å². The van der Waals surface area contributed by atoms with E-state index in [2.05, 4.69) is 55.7 Å². The number of aromatic nitrogens is 2. The van der Waals surface area contributed by atoms with Crippen molar-refractivity contribution in [3.63, 3.8) is 0 Å². The number of H-pyrrole nitrogens is 1. The number of phosphoric acid groups is 3. The molecule has 2 amide bonds. The molecule has 32 heteroatoms. The third kappa shape index (κ3) is 17.4. The number of rotatable bonds is 23. The highest BCUT2D eigenvalue weighted by Crippen LogP contribution is 2.66. The van der Waals surface area contributed by atoms with Gasteiger partial charge in [-0.3, -0.25) is 28.5 Å². The number of nitrogens with one attached hydrogen (secondary N) is 3. The van der Waals surface area contributed by atoms with Crippen molar-refractivity contribution in [2.45, 2.75) is 31.1 Å². The van der Waals surface area contributed by atoms with Crippen LogP contribution in [0.3, 0.4) is 0 Å². The van der Waals surface area contributed by atoms with Crippen molar-refractivity contribution in [2.24, 2.45) is 10.2 Å². The Hall–Kier alpha value is -4.93. The first-order valence-corrected chi connectivity index (χ1v) is 20.7. The molecule has 1 fully saturated rings. The van der Waals surface area contributed by atoms with Crippen LogP contribution in [0.1, 0.15) is 28.6 Å². The number of azide groups is 2. The van der Waals surface area contributed by atoms with Gasteiger partial charge in [0, 0.05) is 35.1 Å². The maximum Gasteiger partial charge on any atom is 0.490 e. The van der Waals surface area contributed by atoms with E-state index in [-0.39, 0.29) is 44.3 Å². The van der Waals surface area contributed by atoms with Gasteiger partial charge in [0.1, 0.15) is 43.6 Å². The van der Waals surface area contributed by atoms with Gasteiger partial charge in [0.15, 0.2) is 6.23 Å². The molecular weight excluding hydrogens is 861 g/mol. The summed E-state index contributed by atoms with van der Waals surface area (Å²) in [5.74, 6) is 4.38. The largest absolute Gasteiger partial charge is 0.491 e. The summed E-state index contributed by atoms with van der Waals surface area (Å²) >= 11 is 0. The van der Waals surface area contributed by atoms with Gasteiger partial charge in [0.25, 0.3) is 11.5 Å². The zero-order valence-corrected chi connectivity index (χ0v) is 32.9. The van der Waals surface area contributed by atoms with Gasteiger partial charge in [-0.25, -0.2) is 18.5 Å². The minimum Gasteiger partial charge on any atom is -0.491 e. The van der Waals surface area contributed by atoms with Crippen molar-refractivity contribution in [1.82, 2.24) is 20.2 Å². The van der Waals surface area contributed by atoms with E-state index in [1.807, 2.05) is 4.98 Å². The van der Waals surface area contributed by atoms with Gasteiger partial charge in [-0.05, 0) is 29.3 Å². The lowest BCUT2D eigenvalue weighted by atomic mass is 10.2. The van der Waals surface area contributed by atoms with Crippen molar-refractivity contribution in [2.75, 3.05) is 53.4 Å². The molecular formula is C27H35N10O19P3. The quantitative estimate of drug-likeness (QED) is 0.0198. The molecule has 6 atom stereocenters. The summed E-state index contributed by atoms with van der Waals surface area (Å²) < 4.78 is 74.7. The van der Waals surface area contributed by atoms with E-state index in [4.69, 9.17) is 44.5 Å². The molecule has 322 valence electrons. The summed E-state index contributed by atoms with van der Waals surface area (Å²) in [6.07, 6.45) is -4.18. The van der Waals surface area contributed by atoms with Crippen molar-refractivity contribution in [1.29, 1.82) is 0 Å². The second-order valence-electron chi connectivity index (χ2n) is 11.1. The summed E-state index contributed by atoms with van der Waals surface area (Å²) in [6.45, 7) is -2.69. The lowest BCUT2D eigenvalue weighted by Gasteiger charge is -2.20. The summed E-state index contributed by atoms with van der Waals surface area (Å²) in [4.78, 5) is 92.9. The molecule has 4 unspecified atom stereocenters. The molecule has 1 aliphatic heterocycles. The highest BCUT2D eigenvalue weighted by molar-refractivity contribution is 7.66. The molecule has 3 rings (SSSR count). The lowest BCUT2D eigenvalue weighted by molar-refractivity contribution is -0.126. The fourth-order valence-electron chi connectivity index (χ4n) is 4.56. The Balaban J connectivity index is 1.52.